The maximum absolute atomic E-state index is 13.6. The van der Waals surface area contributed by atoms with Crippen molar-refractivity contribution in [3.05, 3.63) is 0 Å². The lowest BCUT2D eigenvalue weighted by atomic mass is 9.96. The van der Waals surface area contributed by atoms with Gasteiger partial charge in [-0.15, -0.1) is 0 Å². The van der Waals surface area contributed by atoms with Crippen molar-refractivity contribution in [2.24, 2.45) is 0 Å². The Morgan fingerprint density at radius 1 is 0.446 bits per heavy atom. The fraction of sp³-hybridized carbons (Fsp3) is 0.967. The Morgan fingerprint density at radius 2 is 0.831 bits per heavy atom. The van der Waals surface area contributed by atoms with Crippen LogP contribution in [0.15, 0.2) is 0 Å². The van der Waals surface area contributed by atoms with E-state index in [9.17, 15) is 76.0 Å². The SMILES string of the molecule is CCCCCCCCCCCCCCCCCCCCCC(O)C(=O)C(O)C(=O)NC(COC1OC(CO)C(OC2OC(CO)C(O)C(O)C2O)C(OC2OC(C)C(O)C(O)C2O)C1O)C(O)C(O)CCCCCCCCCCCCCC. The van der Waals surface area contributed by atoms with Crippen molar-refractivity contribution in [2.75, 3.05) is 19.8 Å². The molecule has 14 N–H and O–H groups in total. The lowest BCUT2D eigenvalue weighted by Crippen LogP contribution is -2.67. The van der Waals surface area contributed by atoms with Gasteiger partial charge in [0.15, 0.2) is 30.8 Å². The number of amides is 1. The van der Waals surface area contributed by atoms with E-state index >= 15 is 0 Å². The maximum Gasteiger partial charge on any atom is 0.257 e. The number of nitrogens with one attached hydrogen (secondary N) is 1. The summed E-state index contributed by atoms with van der Waals surface area (Å²) >= 11 is 0. The van der Waals surface area contributed by atoms with Crippen molar-refractivity contribution in [1.82, 2.24) is 5.32 Å². The molecule has 0 aliphatic carbocycles. The lowest BCUT2D eigenvalue weighted by molar-refractivity contribution is -0.386. The highest BCUT2D eigenvalue weighted by Gasteiger charge is 2.54. The van der Waals surface area contributed by atoms with Crippen LogP contribution in [-0.4, -0.2) is 220 Å². The molecule has 3 saturated heterocycles. The summed E-state index contributed by atoms with van der Waals surface area (Å²) in [7, 11) is 0. The van der Waals surface area contributed by atoms with Crippen LogP contribution in [0.25, 0.3) is 0 Å². The highest BCUT2D eigenvalue weighted by Crippen LogP contribution is 2.34. The third-order valence-electron chi connectivity index (χ3n) is 16.9. The van der Waals surface area contributed by atoms with Crippen LogP contribution >= 0.6 is 0 Å². The molecule has 0 radical (unpaired) electrons. The number of aliphatic hydroxyl groups is 13. The molecule has 3 aliphatic heterocycles. The summed E-state index contributed by atoms with van der Waals surface area (Å²) in [5.74, 6) is -2.49. The standard InChI is InChI=1S/C61H115NO21/c1-4-6-8-10-12-14-16-18-19-20-21-22-23-24-26-28-30-32-34-36-43(66)48(69)52(73)58(77)62-41(47(68)42(65)35-33-31-29-27-25-17-15-13-11-9-7-5-2)39-78-59-55(76)57(83-60-53(74)50(71)46(67)40(3)79-60)56(45(38-64)81-59)82-61-54(75)51(72)49(70)44(37-63)80-61/h40-47,49-57,59-61,63-68,70-76H,4-39H2,1-3H3,(H,62,77). The average Bonchev–Trinajstić information content (AvgIpc) is 3.20. The largest absolute Gasteiger partial charge is 0.394 e. The molecule has 83 heavy (non-hydrogen) atoms. The molecule has 0 aromatic heterocycles. The van der Waals surface area contributed by atoms with Crippen LogP contribution in [0.1, 0.15) is 233 Å². The van der Waals surface area contributed by atoms with Crippen LogP contribution in [0.2, 0.25) is 0 Å². The first-order valence-electron chi connectivity index (χ1n) is 32.4. The third kappa shape index (κ3) is 27.3. The number of ketones is 1. The number of Topliss-reactive ketones (excluding diaryl/α,β-unsaturated/α-hetero) is 1. The smallest absolute Gasteiger partial charge is 0.257 e. The quantitative estimate of drug-likeness (QED) is 0.0303. The maximum atomic E-state index is 13.6. The number of aliphatic hydroxyl groups excluding tert-OH is 13. The summed E-state index contributed by atoms with van der Waals surface area (Å²) in [6.07, 6.45) is 1.45. The van der Waals surface area contributed by atoms with E-state index in [4.69, 9.17) is 28.4 Å². The topological polar surface area (TPSA) is 365 Å². The van der Waals surface area contributed by atoms with Crippen LogP contribution in [0.5, 0.6) is 0 Å². The van der Waals surface area contributed by atoms with Crippen LogP contribution in [0.4, 0.5) is 0 Å². The number of rotatable bonds is 48. The number of carbonyl (C=O) groups excluding carboxylic acids is 2. The van der Waals surface area contributed by atoms with Crippen LogP contribution in [-0.2, 0) is 38.0 Å². The van der Waals surface area contributed by atoms with Crippen LogP contribution in [0.3, 0.4) is 0 Å². The molecular weight excluding hydrogens is 1080 g/mol. The Balaban J connectivity index is 1.64. The van der Waals surface area contributed by atoms with Gasteiger partial charge in [-0.3, -0.25) is 9.59 Å². The predicted octanol–water partition coefficient (Wildman–Crippen LogP) is 3.89. The van der Waals surface area contributed by atoms with E-state index in [2.05, 4.69) is 19.2 Å². The first-order chi connectivity index (χ1) is 39.9. The fourth-order valence-electron chi connectivity index (χ4n) is 11.3. The van der Waals surface area contributed by atoms with Crippen molar-refractivity contribution in [1.29, 1.82) is 0 Å². The number of hydrogen-bond acceptors (Lipinski definition) is 21. The van der Waals surface area contributed by atoms with E-state index in [-0.39, 0.29) is 12.8 Å². The molecule has 3 heterocycles. The summed E-state index contributed by atoms with van der Waals surface area (Å²) in [6, 6.07) is -1.62. The zero-order valence-electron chi connectivity index (χ0n) is 50.6. The molecule has 0 saturated carbocycles. The van der Waals surface area contributed by atoms with Gasteiger partial charge in [-0.25, -0.2) is 0 Å². The highest BCUT2D eigenvalue weighted by molar-refractivity contribution is 6.05. The first kappa shape index (κ1) is 75.6. The fourth-order valence-corrected chi connectivity index (χ4v) is 11.3. The number of carbonyl (C=O) groups is 2. The molecule has 0 bridgehead atoms. The van der Waals surface area contributed by atoms with Gasteiger partial charge in [0, 0.05) is 0 Å². The van der Waals surface area contributed by atoms with Gasteiger partial charge >= 0.3 is 0 Å². The molecule has 0 aromatic rings. The van der Waals surface area contributed by atoms with Gasteiger partial charge in [0.1, 0.15) is 79.4 Å². The van der Waals surface area contributed by atoms with E-state index in [1.807, 2.05) is 0 Å². The van der Waals surface area contributed by atoms with E-state index in [1.54, 1.807) is 0 Å². The molecule has 22 nitrogen and oxygen atoms in total. The minimum atomic E-state index is -2.39. The molecule has 3 aliphatic rings. The van der Waals surface area contributed by atoms with Gasteiger partial charge in [-0.1, -0.05) is 213 Å². The summed E-state index contributed by atoms with van der Waals surface area (Å²) in [5.41, 5.74) is 0. The van der Waals surface area contributed by atoms with Gasteiger partial charge in [0.05, 0.1) is 38.1 Å². The highest BCUT2D eigenvalue weighted by atomic mass is 16.8. The lowest BCUT2D eigenvalue weighted by Gasteiger charge is -2.49. The van der Waals surface area contributed by atoms with Gasteiger partial charge in [0.25, 0.3) is 5.91 Å². The zero-order chi connectivity index (χ0) is 61.1. The third-order valence-corrected chi connectivity index (χ3v) is 16.9. The first-order valence-corrected chi connectivity index (χ1v) is 32.4. The van der Waals surface area contributed by atoms with E-state index in [1.165, 1.54) is 129 Å². The Kier molecular flexibility index (Phi) is 40.0. The van der Waals surface area contributed by atoms with E-state index in [0.717, 1.165) is 64.2 Å². The molecule has 22 heteroatoms. The number of hydrogen-bond donors (Lipinski definition) is 14. The Bertz CT molecular complexity index is 1640. The second-order valence-corrected chi connectivity index (χ2v) is 24.0. The Hall–Kier alpha value is -1.62. The molecule has 20 unspecified atom stereocenters. The van der Waals surface area contributed by atoms with Gasteiger partial charge < -0.3 is 100 Å². The van der Waals surface area contributed by atoms with Crippen LogP contribution in [0, 0.1) is 0 Å². The minimum Gasteiger partial charge on any atom is -0.394 e. The monoisotopic (exact) mass is 1200 g/mol. The molecule has 490 valence electrons. The van der Waals surface area contributed by atoms with Crippen molar-refractivity contribution in [3.8, 4) is 0 Å². The molecule has 3 rings (SSSR count). The Morgan fingerprint density at radius 3 is 1.28 bits per heavy atom. The van der Waals surface area contributed by atoms with Crippen molar-refractivity contribution < 1.29 is 104 Å². The van der Waals surface area contributed by atoms with Gasteiger partial charge in [-0.05, 0) is 19.8 Å². The average molecular weight is 1200 g/mol. The van der Waals surface area contributed by atoms with Crippen molar-refractivity contribution >= 4 is 11.7 Å². The predicted molar refractivity (Wildman–Crippen MR) is 308 cm³/mol. The molecule has 1 amide bonds. The Labute approximate surface area is 494 Å². The second-order valence-electron chi connectivity index (χ2n) is 24.0. The summed E-state index contributed by atoms with van der Waals surface area (Å²) < 4.78 is 34.9. The number of unbranched alkanes of at least 4 members (excludes halogenated alkanes) is 29. The summed E-state index contributed by atoms with van der Waals surface area (Å²) in [4.78, 5) is 26.9. The summed E-state index contributed by atoms with van der Waals surface area (Å²) in [5, 5.41) is 143. The van der Waals surface area contributed by atoms with Gasteiger partial charge in [0.2, 0.25) is 0 Å². The molecular formula is C61H115NO21. The number of ether oxygens (including phenoxy) is 6. The van der Waals surface area contributed by atoms with E-state index < -0.39 is 154 Å². The van der Waals surface area contributed by atoms with Crippen molar-refractivity contribution in [2.45, 2.75) is 355 Å². The zero-order valence-corrected chi connectivity index (χ0v) is 50.6. The van der Waals surface area contributed by atoms with Crippen LogP contribution < -0.4 is 5.32 Å². The molecule has 0 aromatic carbocycles. The minimum absolute atomic E-state index is 0.00357. The molecule has 20 atom stereocenters. The molecule has 3 fully saturated rings. The summed E-state index contributed by atoms with van der Waals surface area (Å²) in [6.45, 7) is 3.21. The van der Waals surface area contributed by atoms with Gasteiger partial charge in [-0.2, -0.15) is 0 Å². The van der Waals surface area contributed by atoms with Crippen molar-refractivity contribution in [3.63, 3.8) is 0 Å². The van der Waals surface area contributed by atoms with E-state index in [0.29, 0.717) is 12.8 Å². The molecule has 0 spiro atoms. The second kappa shape index (κ2) is 43.9. The normalized spacial score (nSPS) is 30.4.